The van der Waals surface area contributed by atoms with Gasteiger partial charge in [0.15, 0.2) is 5.12 Å². The fraction of sp³-hybridized carbons (Fsp3) is 0.632. The molecule has 0 fully saturated rings. The number of hydrogen-bond donors (Lipinski definition) is 2. The Bertz CT molecular complexity index is 576. The SMILES string of the molecule is C[Si](C)OC(c1cc(CO)cc(C(C)(C)CC(=O)S)c1)C(C)(C)C. The van der Waals surface area contributed by atoms with Gasteiger partial charge in [-0.15, -0.1) is 12.6 Å². The molecule has 5 heteroatoms. The van der Waals surface area contributed by atoms with Crippen LogP contribution in [0.2, 0.25) is 13.1 Å². The van der Waals surface area contributed by atoms with Crippen molar-refractivity contribution >= 4 is 26.8 Å². The number of benzene rings is 1. The summed E-state index contributed by atoms with van der Waals surface area (Å²) in [6.07, 6.45) is 0.302. The minimum atomic E-state index is -0.877. The van der Waals surface area contributed by atoms with Crippen LogP contribution < -0.4 is 0 Å². The number of thiol groups is 1. The van der Waals surface area contributed by atoms with E-state index < -0.39 is 9.04 Å². The molecule has 1 aromatic carbocycles. The van der Waals surface area contributed by atoms with Crippen molar-refractivity contribution in [3.8, 4) is 0 Å². The summed E-state index contributed by atoms with van der Waals surface area (Å²) in [5, 5.41) is 9.55. The Morgan fingerprint density at radius 3 is 2.21 bits per heavy atom. The second-order valence-corrected chi connectivity index (χ2v) is 10.9. The molecule has 1 radical (unpaired) electrons. The van der Waals surface area contributed by atoms with Gasteiger partial charge in [0.25, 0.3) is 0 Å². The number of aliphatic hydroxyl groups excluding tert-OH is 1. The van der Waals surface area contributed by atoms with Crippen LogP contribution in [0.1, 0.15) is 63.8 Å². The van der Waals surface area contributed by atoms with Crippen molar-refractivity contribution in [1.82, 2.24) is 0 Å². The average molecular weight is 368 g/mol. The lowest BCUT2D eigenvalue weighted by molar-refractivity contribution is -0.111. The van der Waals surface area contributed by atoms with Crippen LogP contribution in [-0.4, -0.2) is 19.3 Å². The fourth-order valence-corrected chi connectivity index (χ4v) is 4.17. The number of aliphatic hydroxyl groups is 1. The van der Waals surface area contributed by atoms with Crippen molar-refractivity contribution in [3.05, 3.63) is 34.9 Å². The summed E-state index contributed by atoms with van der Waals surface area (Å²) in [7, 11) is -0.877. The highest BCUT2D eigenvalue weighted by Crippen LogP contribution is 2.39. The third kappa shape index (κ3) is 6.03. The summed E-state index contributed by atoms with van der Waals surface area (Å²) < 4.78 is 6.29. The van der Waals surface area contributed by atoms with E-state index in [1.807, 2.05) is 26.0 Å². The maximum absolute atomic E-state index is 11.5. The molecule has 1 aromatic rings. The highest BCUT2D eigenvalue weighted by Gasteiger charge is 2.31. The maximum Gasteiger partial charge on any atom is 0.205 e. The van der Waals surface area contributed by atoms with Crippen molar-refractivity contribution in [2.45, 2.75) is 72.3 Å². The van der Waals surface area contributed by atoms with Gasteiger partial charge in [-0.3, -0.25) is 4.79 Å². The van der Waals surface area contributed by atoms with E-state index in [1.54, 1.807) is 0 Å². The van der Waals surface area contributed by atoms with E-state index in [0.717, 1.165) is 16.7 Å². The minimum absolute atomic E-state index is 0.0291. The Morgan fingerprint density at radius 2 is 1.79 bits per heavy atom. The molecule has 0 spiro atoms. The smallest absolute Gasteiger partial charge is 0.205 e. The lowest BCUT2D eigenvalue weighted by Crippen LogP contribution is -2.27. The van der Waals surface area contributed by atoms with E-state index in [1.165, 1.54) is 0 Å². The van der Waals surface area contributed by atoms with Gasteiger partial charge in [0.2, 0.25) is 9.04 Å². The number of hydrogen-bond acceptors (Lipinski definition) is 3. The van der Waals surface area contributed by atoms with E-state index >= 15 is 0 Å². The zero-order chi connectivity index (χ0) is 18.7. The zero-order valence-corrected chi connectivity index (χ0v) is 17.8. The van der Waals surface area contributed by atoms with Crippen LogP contribution >= 0.6 is 12.6 Å². The van der Waals surface area contributed by atoms with Crippen molar-refractivity contribution in [2.75, 3.05) is 0 Å². The number of carbonyl (C=O) groups is 1. The van der Waals surface area contributed by atoms with Gasteiger partial charge in [-0.05, 0) is 40.6 Å². The molecule has 0 aliphatic carbocycles. The molecule has 0 heterocycles. The summed E-state index contributed by atoms with van der Waals surface area (Å²) in [5.41, 5.74) is 2.55. The highest BCUT2D eigenvalue weighted by atomic mass is 32.1. The normalized spacial score (nSPS) is 14.1. The predicted molar refractivity (Wildman–Crippen MR) is 105 cm³/mol. The molecule has 1 atom stereocenters. The van der Waals surface area contributed by atoms with Crippen molar-refractivity contribution in [1.29, 1.82) is 0 Å². The first-order valence-corrected chi connectivity index (χ1v) is 11.2. The molecule has 0 amide bonds. The molecule has 1 N–H and O–H groups in total. The van der Waals surface area contributed by atoms with E-state index in [4.69, 9.17) is 4.43 Å². The molecule has 3 nitrogen and oxygen atoms in total. The quantitative estimate of drug-likeness (QED) is 0.544. The Balaban J connectivity index is 3.42. The van der Waals surface area contributed by atoms with E-state index in [9.17, 15) is 9.90 Å². The topological polar surface area (TPSA) is 46.5 Å². The van der Waals surface area contributed by atoms with E-state index in [2.05, 4.69) is 52.6 Å². The van der Waals surface area contributed by atoms with Crippen LogP contribution in [0.5, 0.6) is 0 Å². The third-order valence-electron chi connectivity index (χ3n) is 4.02. The van der Waals surface area contributed by atoms with Crippen LogP contribution in [-0.2, 0) is 21.2 Å². The minimum Gasteiger partial charge on any atom is -0.410 e. The molecule has 1 rings (SSSR count). The van der Waals surface area contributed by atoms with E-state index in [-0.39, 0.29) is 28.7 Å². The summed E-state index contributed by atoms with van der Waals surface area (Å²) in [6.45, 7) is 14.8. The first kappa shape index (κ1) is 21.4. The maximum atomic E-state index is 11.5. The molecule has 0 bridgehead atoms. The van der Waals surface area contributed by atoms with Gasteiger partial charge < -0.3 is 9.53 Å². The lowest BCUT2D eigenvalue weighted by Gasteiger charge is -2.34. The van der Waals surface area contributed by atoms with Gasteiger partial charge in [0.05, 0.1) is 12.7 Å². The molecule has 0 aliphatic heterocycles. The first-order chi connectivity index (χ1) is 10.9. The average Bonchev–Trinajstić information content (AvgIpc) is 2.41. The molecule has 0 saturated heterocycles. The van der Waals surface area contributed by atoms with Crippen molar-refractivity contribution in [3.63, 3.8) is 0 Å². The monoisotopic (exact) mass is 367 g/mol. The number of rotatable bonds is 7. The molecule has 24 heavy (non-hydrogen) atoms. The Labute approximate surface area is 154 Å². The van der Waals surface area contributed by atoms with Crippen LogP contribution in [0.25, 0.3) is 0 Å². The Kier molecular flexibility index (Phi) is 7.29. The standard InChI is InChI=1S/C19H31O3SSi/c1-18(2,3)17(22-24(6)7)14-8-13(12-20)9-15(10-14)19(4,5)11-16(21)23/h8-10,17,20H,11-12H2,1-7H3,(H,21,23). The molecular weight excluding hydrogens is 336 g/mol. The van der Waals surface area contributed by atoms with Crippen molar-refractivity contribution < 1.29 is 14.3 Å². The first-order valence-electron chi connectivity index (χ1n) is 8.30. The molecule has 0 saturated carbocycles. The predicted octanol–water partition coefficient (Wildman–Crippen LogP) is 4.66. The van der Waals surface area contributed by atoms with Crippen LogP contribution in [0, 0.1) is 5.41 Å². The van der Waals surface area contributed by atoms with Gasteiger partial charge in [-0.1, -0.05) is 52.8 Å². The van der Waals surface area contributed by atoms with Gasteiger partial charge in [-0.2, -0.15) is 0 Å². The summed E-state index contributed by atoms with van der Waals surface area (Å²) in [5.74, 6) is 0. The molecule has 1 unspecified atom stereocenters. The Hall–Kier alpha value is -0.623. The van der Waals surface area contributed by atoms with Crippen LogP contribution in [0.15, 0.2) is 18.2 Å². The molecule has 0 aromatic heterocycles. The van der Waals surface area contributed by atoms with Crippen LogP contribution in [0.4, 0.5) is 0 Å². The fourth-order valence-electron chi connectivity index (χ4n) is 2.81. The van der Waals surface area contributed by atoms with Gasteiger partial charge in [-0.25, -0.2) is 0 Å². The second-order valence-electron chi connectivity index (χ2n) is 8.35. The van der Waals surface area contributed by atoms with Gasteiger partial charge in [0, 0.05) is 6.42 Å². The number of carbonyl (C=O) groups excluding carboxylic acids is 1. The van der Waals surface area contributed by atoms with Gasteiger partial charge in [0.1, 0.15) is 0 Å². The third-order valence-corrected chi connectivity index (χ3v) is 4.88. The second kappa shape index (κ2) is 8.17. The van der Waals surface area contributed by atoms with E-state index in [0.29, 0.717) is 6.42 Å². The summed E-state index contributed by atoms with van der Waals surface area (Å²) in [6, 6.07) is 6.11. The summed E-state index contributed by atoms with van der Waals surface area (Å²) >= 11 is 3.94. The molecule has 135 valence electrons. The largest absolute Gasteiger partial charge is 0.410 e. The molecular formula is C19H31O3SSi. The van der Waals surface area contributed by atoms with Crippen LogP contribution in [0.3, 0.4) is 0 Å². The highest BCUT2D eigenvalue weighted by molar-refractivity contribution is 7.96. The molecule has 0 aliphatic rings. The zero-order valence-electron chi connectivity index (χ0n) is 15.9. The Morgan fingerprint density at radius 1 is 1.21 bits per heavy atom. The van der Waals surface area contributed by atoms with Crippen molar-refractivity contribution in [2.24, 2.45) is 5.41 Å². The van der Waals surface area contributed by atoms with Gasteiger partial charge >= 0.3 is 0 Å². The summed E-state index contributed by atoms with van der Waals surface area (Å²) in [4.78, 5) is 11.5. The lowest BCUT2D eigenvalue weighted by atomic mass is 9.78.